The van der Waals surface area contributed by atoms with Crippen LogP contribution in [-0.4, -0.2) is 38.2 Å². The monoisotopic (exact) mass is 284 g/mol. The van der Waals surface area contributed by atoms with Crippen molar-refractivity contribution in [3.8, 4) is 0 Å². The molecule has 108 valence electrons. The highest BCUT2D eigenvalue weighted by atomic mass is 16.6. The number of hydrogen-bond donors (Lipinski definition) is 4. The zero-order valence-corrected chi connectivity index (χ0v) is 10.6. The summed E-state index contributed by atoms with van der Waals surface area (Å²) in [5.74, 6) is -0.615. The van der Waals surface area contributed by atoms with E-state index in [1.807, 2.05) is 0 Å². The fourth-order valence-corrected chi connectivity index (χ4v) is 2.22. The number of rotatable bonds is 3. The number of ether oxygens (including phenoxy) is 1. The van der Waals surface area contributed by atoms with Crippen LogP contribution in [0.3, 0.4) is 0 Å². The Balaban J connectivity index is 2.47. The van der Waals surface area contributed by atoms with Crippen LogP contribution in [0.4, 0.5) is 0 Å². The first-order chi connectivity index (χ1) is 9.45. The van der Waals surface area contributed by atoms with E-state index in [1.54, 1.807) is 6.92 Å². The molecule has 0 saturated carbocycles. The van der Waals surface area contributed by atoms with Crippen molar-refractivity contribution in [3.05, 3.63) is 33.1 Å². The third-order valence-electron chi connectivity index (χ3n) is 3.31. The Morgan fingerprint density at radius 2 is 2.35 bits per heavy atom. The molecule has 1 aliphatic rings. The lowest BCUT2D eigenvalue weighted by molar-refractivity contribution is -0.128. The molecular formula is C10H14N5O5+. The fourth-order valence-electron chi connectivity index (χ4n) is 2.22. The molecule has 0 spiro atoms. The Morgan fingerprint density at radius 3 is 2.90 bits per heavy atom. The van der Waals surface area contributed by atoms with Crippen LogP contribution in [0.5, 0.6) is 0 Å². The van der Waals surface area contributed by atoms with Crippen molar-refractivity contribution in [1.29, 1.82) is 5.53 Å². The highest BCUT2D eigenvalue weighted by Crippen LogP contribution is 2.40. The van der Waals surface area contributed by atoms with Crippen molar-refractivity contribution in [1.82, 2.24) is 14.5 Å². The van der Waals surface area contributed by atoms with Crippen molar-refractivity contribution in [3.63, 3.8) is 0 Å². The summed E-state index contributed by atoms with van der Waals surface area (Å²) in [6.45, 7) is 0.888. The molecule has 1 saturated heterocycles. The maximum atomic E-state index is 11.7. The minimum atomic E-state index is -1.79. The smallest absolute Gasteiger partial charge is 0.330 e. The van der Waals surface area contributed by atoms with Gasteiger partial charge in [-0.25, -0.2) is 4.79 Å². The summed E-state index contributed by atoms with van der Waals surface area (Å²) < 4.78 is 6.51. The van der Waals surface area contributed by atoms with Crippen LogP contribution in [0, 0.1) is 11.4 Å². The molecule has 0 aromatic carbocycles. The molecule has 1 fully saturated rings. The number of nitrogens with zero attached hydrogens (tertiary/aromatic N) is 3. The quantitative estimate of drug-likeness (QED) is 0.384. The highest BCUT2D eigenvalue weighted by molar-refractivity contribution is 4.98. The lowest BCUT2D eigenvalue weighted by atomic mass is 9.98. The molecule has 10 nitrogen and oxygen atoms in total. The van der Waals surface area contributed by atoms with Gasteiger partial charge in [-0.15, -0.1) is 0 Å². The molecule has 0 aliphatic carbocycles. The average Bonchev–Trinajstić information content (AvgIpc) is 2.65. The van der Waals surface area contributed by atoms with Crippen LogP contribution in [0.15, 0.2) is 27.0 Å². The molecule has 1 aromatic rings. The number of hydrogen-bond acceptors (Lipinski definition) is 7. The van der Waals surface area contributed by atoms with Crippen molar-refractivity contribution in [2.75, 3.05) is 6.61 Å². The molecule has 1 aromatic heterocycles. The fraction of sp³-hybridized carbons (Fsp3) is 0.600. The summed E-state index contributed by atoms with van der Waals surface area (Å²) in [7, 11) is 0. The predicted molar refractivity (Wildman–Crippen MR) is 63.7 cm³/mol. The Labute approximate surface area is 111 Å². The Morgan fingerprint density at radius 1 is 1.65 bits per heavy atom. The predicted octanol–water partition coefficient (Wildman–Crippen LogP) is -1.70. The van der Waals surface area contributed by atoms with Gasteiger partial charge in [-0.1, -0.05) is 6.92 Å². The standard InChI is InChI=1S/C10H13N5O5/c1-5-7(18)10(4-16,13-14-11)20-8(5)15-3-2-6(17)12-9(15)19/h2-3,5,7-8,11,16,18H,4H2,1H3/p+1/t5-,7-,8+,10+/m0/s1. The summed E-state index contributed by atoms with van der Waals surface area (Å²) in [4.78, 5) is 27.6. The van der Waals surface area contributed by atoms with Gasteiger partial charge in [-0.3, -0.25) is 14.3 Å². The third kappa shape index (κ3) is 2.10. The summed E-state index contributed by atoms with van der Waals surface area (Å²) >= 11 is 0. The minimum Gasteiger partial charge on any atom is -0.391 e. The number of aliphatic hydroxyl groups is 2. The molecule has 0 unspecified atom stereocenters. The van der Waals surface area contributed by atoms with Crippen LogP contribution in [0.2, 0.25) is 0 Å². The van der Waals surface area contributed by atoms with Gasteiger partial charge < -0.3 is 14.9 Å². The molecule has 0 bridgehead atoms. The second-order valence-electron chi connectivity index (χ2n) is 4.53. The lowest BCUT2D eigenvalue weighted by Crippen LogP contribution is -2.42. The van der Waals surface area contributed by atoms with E-state index >= 15 is 0 Å². The largest absolute Gasteiger partial charge is 0.391 e. The van der Waals surface area contributed by atoms with Crippen molar-refractivity contribution < 1.29 is 14.9 Å². The number of H-pyrrole nitrogens is 1. The molecule has 20 heavy (non-hydrogen) atoms. The molecule has 4 N–H and O–H groups in total. The van der Waals surface area contributed by atoms with Gasteiger partial charge >= 0.3 is 5.69 Å². The average molecular weight is 284 g/mol. The molecular weight excluding hydrogens is 270 g/mol. The second kappa shape index (κ2) is 5.10. The van der Waals surface area contributed by atoms with E-state index in [2.05, 4.69) is 15.0 Å². The third-order valence-corrected chi connectivity index (χ3v) is 3.31. The van der Waals surface area contributed by atoms with Crippen molar-refractivity contribution >= 4 is 0 Å². The van der Waals surface area contributed by atoms with Gasteiger partial charge in [-0.2, -0.15) is 0 Å². The highest BCUT2D eigenvalue weighted by Gasteiger charge is 2.57. The second-order valence-corrected chi connectivity index (χ2v) is 4.53. The van der Waals surface area contributed by atoms with E-state index in [9.17, 15) is 19.8 Å². The summed E-state index contributed by atoms with van der Waals surface area (Å²) in [6, 6.07) is 1.13. The number of aromatic amines is 1. The maximum Gasteiger partial charge on any atom is 0.330 e. The number of aliphatic hydroxyl groups excluding tert-OH is 2. The number of nitrogens with one attached hydrogen (secondary N) is 2. The summed E-state index contributed by atoms with van der Waals surface area (Å²) in [6.07, 6.45) is -0.988. The van der Waals surface area contributed by atoms with Crippen molar-refractivity contribution in [2.24, 2.45) is 11.0 Å². The first-order valence-electron chi connectivity index (χ1n) is 5.82. The Bertz CT molecular complexity index is 662. The van der Waals surface area contributed by atoms with Gasteiger partial charge in [0.15, 0.2) is 5.11 Å². The van der Waals surface area contributed by atoms with E-state index in [0.717, 1.165) is 10.6 Å². The summed E-state index contributed by atoms with van der Waals surface area (Å²) in [5, 5.41) is 22.9. The van der Waals surface area contributed by atoms with Crippen LogP contribution in [0.25, 0.3) is 0 Å². The molecule has 4 atom stereocenters. The van der Waals surface area contributed by atoms with Gasteiger partial charge in [0.25, 0.3) is 11.3 Å². The molecule has 0 radical (unpaired) electrons. The van der Waals surface area contributed by atoms with E-state index in [0.29, 0.717) is 0 Å². The molecule has 2 heterocycles. The Hall–Kier alpha value is -2.13. The van der Waals surface area contributed by atoms with Crippen molar-refractivity contribution in [2.45, 2.75) is 25.0 Å². The van der Waals surface area contributed by atoms with Gasteiger partial charge in [0.2, 0.25) is 4.91 Å². The lowest BCUT2D eigenvalue weighted by Gasteiger charge is -2.18. The first-order valence-corrected chi connectivity index (χ1v) is 5.82. The van der Waals surface area contributed by atoms with E-state index in [1.165, 1.54) is 6.20 Å². The minimum absolute atomic E-state index is 0.559. The zero-order chi connectivity index (χ0) is 14.9. The topological polar surface area (TPSA) is 155 Å². The van der Waals surface area contributed by atoms with Crippen LogP contribution in [0.1, 0.15) is 13.2 Å². The SMILES string of the molecule is C[C@@H]1[C@H](n2ccc(=O)[nH]c2=O)O[C@@](CO)(N=[N+]=N)[C@H]1O. The normalized spacial score (nSPS) is 32.9. The van der Waals surface area contributed by atoms with Crippen LogP contribution < -0.4 is 16.2 Å². The summed E-state index contributed by atoms with van der Waals surface area (Å²) in [5.41, 5.74) is 3.67. The van der Waals surface area contributed by atoms with E-state index in [-0.39, 0.29) is 0 Å². The van der Waals surface area contributed by atoms with Crippen LogP contribution >= 0.6 is 0 Å². The molecule has 10 heteroatoms. The first kappa shape index (κ1) is 14.3. The Kier molecular flexibility index (Phi) is 3.64. The molecule has 0 amide bonds. The van der Waals surface area contributed by atoms with Gasteiger partial charge in [0, 0.05) is 18.2 Å². The van der Waals surface area contributed by atoms with E-state index < -0.39 is 41.8 Å². The van der Waals surface area contributed by atoms with Crippen LogP contribution in [-0.2, 0) is 4.74 Å². The van der Waals surface area contributed by atoms with Gasteiger partial charge in [0.1, 0.15) is 24.5 Å². The zero-order valence-electron chi connectivity index (χ0n) is 10.6. The van der Waals surface area contributed by atoms with Gasteiger partial charge in [0.05, 0.1) is 0 Å². The molecule has 1 aliphatic heterocycles. The maximum absolute atomic E-state index is 11.7. The van der Waals surface area contributed by atoms with E-state index in [4.69, 9.17) is 10.3 Å². The number of aromatic nitrogens is 2. The molecule has 2 rings (SSSR count). The van der Waals surface area contributed by atoms with Gasteiger partial charge in [-0.05, 0) is 0 Å².